The molecule has 2 aliphatic rings. The molecule has 27 heavy (non-hydrogen) atoms. The quantitative estimate of drug-likeness (QED) is 0.239. The molecule has 13 heteroatoms. The number of carboxylic acids is 1. The van der Waals surface area contributed by atoms with E-state index < -0.39 is 29.2 Å². The standard InChI is InChI=1S/C14H12N6O5S2/c15-2-3-25-19-8(6-5-27-14(16)17-6)10(21)18-9-11(22)20-7(13(23)24)1-4-26-12(9)20/h1,5,9,12H,3-4H2,(H2,16,17)(H,18,21)(H,23,24)/t9?,12-/m1/s1. The molecule has 1 unspecified atom stereocenters. The van der Waals surface area contributed by atoms with E-state index in [1.165, 1.54) is 23.2 Å². The largest absolute Gasteiger partial charge is 0.477 e. The molecule has 0 aromatic carbocycles. The monoisotopic (exact) mass is 408 g/mol. The van der Waals surface area contributed by atoms with Crippen LogP contribution < -0.4 is 11.1 Å². The number of nitrogens with one attached hydrogen (secondary N) is 1. The number of thioether (sulfide) groups is 1. The number of thiazole rings is 1. The highest BCUT2D eigenvalue weighted by Crippen LogP contribution is 2.37. The Bertz CT molecular complexity index is 904. The van der Waals surface area contributed by atoms with Gasteiger partial charge >= 0.3 is 5.97 Å². The number of hydrogen-bond acceptors (Lipinski definition) is 10. The lowest BCUT2D eigenvalue weighted by Gasteiger charge is -2.48. The molecule has 11 nitrogen and oxygen atoms in total. The summed E-state index contributed by atoms with van der Waals surface area (Å²) in [5, 5.41) is 25.0. The molecule has 2 atom stereocenters. The second-order valence-electron chi connectivity index (χ2n) is 5.22. The number of aromatic nitrogens is 1. The van der Waals surface area contributed by atoms with Gasteiger partial charge in [-0.2, -0.15) is 5.26 Å². The van der Waals surface area contributed by atoms with Crippen LogP contribution in [0.2, 0.25) is 0 Å². The number of aliphatic carboxylic acids is 1. The first-order valence-electron chi connectivity index (χ1n) is 7.41. The van der Waals surface area contributed by atoms with Crippen molar-refractivity contribution < 1.29 is 24.3 Å². The van der Waals surface area contributed by atoms with Gasteiger partial charge in [0.15, 0.2) is 10.8 Å². The summed E-state index contributed by atoms with van der Waals surface area (Å²) in [5.74, 6) is -2.09. The molecule has 4 N–H and O–H groups in total. The fourth-order valence-electron chi connectivity index (χ4n) is 2.47. The molecule has 0 bridgehead atoms. The molecular formula is C14H12N6O5S2. The number of nitrogen functional groups attached to an aromatic ring is 1. The molecule has 2 amide bonds. The summed E-state index contributed by atoms with van der Waals surface area (Å²) < 4.78 is 0. The summed E-state index contributed by atoms with van der Waals surface area (Å²) >= 11 is 2.41. The molecule has 1 saturated heterocycles. The van der Waals surface area contributed by atoms with Crippen LogP contribution in [0.15, 0.2) is 22.3 Å². The van der Waals surface area contributed by atoms with Crippen molar-refractivity contribution in [3.8, 4) is 6.07 Å². The van der Waals surface area contributed by atoms with Gasteiger partial charge in [0, 0.05) is 11.1 Å². The summed E-state index contributed by atoms with van der Waals surface area (Å²) in [6, 6.07) is 0.798. The van der Waals surface area contributed by atoms with E-state index in [1.54, 1.807) is 6.07 Å². The molecule has 3 rings (SSSR count). The zero-order chi connectivity index (χ0) is 19.6. The number of carboxylic acid groups (broad SMARTS) is 1. The number of nitriles is 1. The van der Waals surface area contributed by atoms with Crippen molar-refractivity contribution in [3.05, 3.63) is 22.8 Å². The Morgan fingerprint density at radius 3 is 3.00 bits per heavy atom. The summed E-state index contributed by atoms with van der Waals surface area (Å²) in [7, 11) is 0. The molecular weight excluding hydrogens is 396 g/mol. The van der Waals surface area contributed by atoms with Crippen molar-refractivity contribution in [3.63, 3.8) is 0 Å². The molecule has 2 aliphatic heterocycles. The number of β-lactam (4-membered cyclic amide) rings is 1. The van der Waals surface area contributed by atoms with Gasteiger partial charge in [-0.05, 0) is 6.08 Å². The first-order valence-corrected chi connectivity index (χ1v) is 9.34. The van der Waals surface area contributed by atoms with Crippen LogP contribution in [0, 0.1) is 11.3 Å². The first-order chi connectivity index (χ1) is 12.9. The van der Waals surface area contributed by atoms with Gasteiger partial charge in [-0.1, -0.05) is 5.16 Å². The van der Waals surface area contributed by atoms with Crippen molar-refractivity contribution >= 4 is 51.7 Å². The Morgan fingerprint density at radius 2 is 2.37 bits per heavy atom. The number of oxime groups is 1. The van der Waals surface area contributed by atoms with Crippen molar-refractivity contribution in [1.82, 2.24) is 15.2 Å². The van der Waals surface area contributed by atoms with Gasteiger partial charge in [0.2, 0.25) is 6.61 Å². The maximum absolute atomic E-state index is 12.6. The summed E-state index contributed by atoms with van der Waals surface area (Å²) in [6.07, 6.45) is 1.44. The zero-order valence-electron chi connectivity index (χ0n) is 13.5. The van der Waals surface area contributed by atoms with E-state index in [4.69, 9.17) is 20.9 Å². The highest BCUT2D eigenvalue weighted by atomic mass is 32.2. The van der Waals surface area contributed by atoms with Gasteiger partial charge in [-0.25, -0.2) is 9.78 Å². The average molecular weight is 408 g/mol. The van der Waals surface area contributed by atoms with Crippen LogP contribution in [-0.2, 0) is 19.2 Å². The molecule has 1 aromatic heterocycles. The third-order valence-corrected chi connectivity index (χ3v) is 5.47. The van der Waals surface area contributed by atoms with Crippen LogP contribution in [0.4, 0.5) is 5.13 Å². The van der Waals surface area contributed by atoms with Gasteiger partial charge in [0.05, 0.1) is 0 Å². The predicted octanol–water partition coefficient (Wildman–Crippen LogP) is -0.662. The minimum atomic E-state index is -1.21. The van der Waals surface area contributed by atoms with Crippen molar-refractivity contribution in [2.24, 2.45) is 5.16 Å². The van der Waals surface area contributed by atoms with Crippen LogP contribution >= 0.6 is 23.1 Å². The Hall–Kier alpha value is -3.11. The zero-order valence-corrected chi connectivity index (χ0v) is 15.1. The smallest absolute Gasteiger partial charge is 0.352 e. The molecule has 0 spiro atoms. The van der Waals surface area contributed by atoms with Crippen molar-refractivity contribution in [1.29, 1.82) is 5.26 Å². The number of nitrogens with zero attached hydrogens (tertiary/aromatic N) is 4. The van der Waals surface area contributed by atoms with Crippen molar-refractivity contribution in [2.45, 2.75) is 11.4 Å². The van der Waals surface area contributed by atoms with Crippen LogP contribution in [0.25, 0.3) is 0 Å². The maximum atomic E-state index is 12.6. The topological polar surface area (TPSA) is 171 Å². The fourth-order valence-corrected chi connectivity index (χ4v) is 4.22. The van der Waals surface area contributed by atoms with Crippen LogP contribution in [0.5, 0.6) is 0 Å². The van der Waals surface area contributed by atoms with E-state index >= 15 is 0 Å². The number of carbonyl (C=O) groups excluding carboxylic acids is 2. The van der Waals surface area contributed by atoms with Crippen LogP contribution in [-0.4, -0.2) is 62.3 Å². The lowest BCUT2D eigenvalue weighted by molar-refractivity contribution is -0.150. The van der Waals surface area contributed by atoms with E-state index in [9.17, 15) is 14.4 Å². The third kappa shape index (κ3) is 3.57. The number of amides is 2. The van der Waals surface area contributed by atoms with Gasteiger partial charge in [0.25, 0.3) is 11.8 Å². The Morgan fingerprint density at radius 1 is 1.59 bits per heavy atom. The van der Waals surface area contributed by atoms with Gasteiger partial charge < -0.3 is 21.0 Å². The number of rotatable bonds is 6. The molecule has 1 fully saturated rings. The van der Waals surface area contributed by atoms with E-state index in [0.29, 0.717) is 5.75 Å². The van der Waals surface area contributed by atoms with E-state index in [2.05, 4.69) is 15.5 Å². The Balaban J connectivity index is 1.76. The van der Waals surface area contributed by atoms with E-state index in [-0.39, 0.29) is 28.8 Å². The number of nitrogens with two attached hydrogens (primary N) is 1. The minimum Gasteiger partial charge on any atom is -0.477 e. The Labute approximate surface area is 160 Å². The highest BCUT2D eigenvalue weighted by Gasteiger charge is 2.53. The molecule has 0 aliphatic carbocycles. The highest BCUT2D eigenvalue weighted by molar-refractivity contribution is 8.00. The lowest BCUT2D eigenvalue weighted by Crippen LogP contribution is -2.70. The van der Waals surface area contributed by atoms with Crippen LogP contribution in [0.1, 0.15) is 5.69 Å². The number of anilines is 1. The second kappa shape index (κ2) is 7.64. The molecule has 0 saturated carbocycles. The summed E-state index contributed by atoms with van der Waals surface area (Å²) in [4.78, 5) is 46.0. The fraction of sp³-hybridized carbons (Fsp3) is 0.286. The average Bonchev–Trinajstić information content (AvgIpc) is 3.08. The maximum Gasteiger partial charge on any atom is 0.352 e. The van der Waals surface area contributed by atoms with E-state index in [1.807, 2.05) is 0 Å². The molecule has 0 radical (unpaired) electrons. The summed E-state index contributed by atoms with van der Waals surface area (Å²) in [5.41, 5.74) is 5.36. The number of hydrogen-bond donors (Lipinski definition) is 3. The predicted molar refractivity (Wildman–Crippen MR) is 95.4 cm³/mol. The lowest BCUT2D eigenvalue weighted by atomic mass is 10.0. The van der Waals surface area contributed by atoms with Crippen molar-refractivity contribution in [2.75, 3.05) is 18.1 Å². The SMILES string of the molecule is N#CCON=C(C(=O)NC1C(=O)N2C(C(=O)O)=CCS[C@H]12)c1csc(N)n1. The normalized spacial score (nSPS) is 21.4. The van der Waals surface area contributed by atoms with Gasteiger partial charge in [-0.3, -0.25) is 14.5 Å². The molecule has 3 heterocycles. The van der Waals surface area contributed by atoms with Gasteiger partial charge in [0.1, 0.15) is 28.9 Å². The molecule has 1 aromatic rings. The minimum absolute atomic E-state index is 0.104. The number of carbonyl (C=O) groups is 3. The third-order valence-electron chi connectivity index (χ3n) is 3.62. The van der Waals surface area contributed by atoms with Gasteiger partial charge in [-0.15, -0.1) is 23.1 Å². The molecule has 140 valence electrons. The Kier molecular flexibility index (Phi) is 5.28. The summed E-state index contributed by atoms with van der Waals surface area (Å²) in [6.45, 7) is -0.377. The van der Waals surface area contributed by atoms with E-state index in [0.717, 1.165) is 16.2 Å². The number of fused-ring (bicyclic) bond motifs is 1. The second-order valence-corrected chi connectivity index (χ2v) is 7.26. The van der Waals surface area contributed by atoms with Crippen LogP contribution in [0.3, 0.4) is 0 Å². The first kappa shape index (κ1) is 18.7.